The molecule has 0 aliphatic rings. The van der Waals surface area contributed by atoms with Crippen LogP contribution in [0.5, 0.6) is 17.2 Å². The number of methoxy groups -OCH3 is 2. The third kappa shape index (κ3) is 6.14. The number of benzene rings is 2. The molecule has 27 heavy (non-hydrogen) atoms. The minimum Gasteiger partial charge on any atom is -0.493 e. The summed E-state index contributed by atoms with van der Waals surface area (Å²) in [5.74, 6) is 0.294. The summed E-state index contributed by atoms with van der Waals surface area (Å²) >= 11 is 0. The standard InChI is InChI=1S/C20H25FN2O4/c1-14(20(24)22-11-6-12-25-2)23-15-9-10-17(16(21)13-15)27-19-8-5-4-7-18(19)26-3/h4-5,7-10,13-14,23H,6,11-12H2,1-3H3,(H,22,24). The van der Waals surface area contributed by atoms with Crippen LogP contribution >= 0.6 is 0 Å². The monoisotopic (exact) mass is 376 g/mol. The third-order valence-electron chi connectivity index (χ3n) is 3.82. The van der Waals surface area contributed by atoms with Gasteiger partial charge >= 0.3 is 0 Å². The molecule has 1 amide bonds. The van der Waals surface area contributed by atoms with E-state index in [0.29, 0.717) is 30.3 Å². The van der Waals surface area contributed by atoms with E-state index >= 15 is 0 Å². The van der Waals surface area contributed by atoms with E-state index < -0.39 is 11.9 Å². The van der Waals surface area contributed by atoms with Crippen LogP contribution in [0.25, 0.3) is 0 Å². The molecule has 0 radical (unpaired) electrons. The van der Waals surface area contributed by atoms with Crippen molar-refractivity contribution in [1.82, 2.24) is 5.32 Å². The lowest BCUT2D eigenvalue weighted by molar-refractivity contribution is -0.121. The molecule has 0 saturated carbocycles. The van der Waals surface area contributed by atoms with Crippen LogP contribution in [0.2, 0.25) is 0 Å². The molecule has 7 heteroatoms. The predicted molar refractivity (Wildman–Crippen MR) is 102 cm³/mol. The Kier molecular flexibility index (Phi) is 7.88. The Morgan fingerprint density at radius 1 is 1.11 bits per heavy atom. The molecule has 2 aromatic rings. The van der Waals surface area contributed by atoms with E-state index in [1.54, 1.807) is 44.4 Å². The van der Waals surface area contributed by atoms with Gasteiger partial charge in [0.15, 0.2) is 23.1 Å². The first-order valence-corrected chi connectivity index (χ1v) is 8.68. The van der Waals surface area contributed by atoms with Crippen molar-refractivity contribution in [1.29, 1.82) is 0 Å². The Morgan fingerprint density at radius 3 is 2.52 bits per heavy atom. The van der Waals surface area contributed by atoms with Crippen molar-refractivity contribution in [3.8, 4) is 17.2 Å². The van der Waals surface area contributed by atoms with Crippen LogP contribution in [0, 0.1) is 5.82 Å². The summed E-state index contributed by atoms with van der Waals surface area (Å²) in [5, 5.41) is 5.77. The molecule has 0 fully saturated rings. The highest BCUT2D eigenvalue weighted by atomic mass is 19.1. The minimum atomic E-state index is -0.543. The van der Waals surface area contributed by atoms with Crippen LogP contribution in [0.4, 0.5) is 10.1 Å². The van der Waals surface area contributed by atoms with Gasteiger partial charge in [0.05, 0.1) is 7.11 Å². The van der Waals surface area contributed by atoms with Gasteiger partial charge < -0.3 is 24.8 Å². The highest BCUT2D eigenvalue weighted by molar-refractivity contribution is 5.84. The third-order valence-corrected chi connectivity index (χ3v) is 3.82. The van der Waals surface area contributed by atoms with E-state index in [2.05, 4.69) is 10.6 Å². The Labute approximate surface area is 158 Å². The largest absolute Gasteiger partial charge is 0.493 e. The first kappa shape index (κ1) is 20.5. The zero-order valence-electron chi connectivity index (χ0n) is 15.8. The first-order valence-electron chi connectivity index (χ1n) is 8.68. The molecular formula is C20H25FN2O4. The van der Waals surface area contributed by atoms with Crippen LogP contribution in [0.3, 0.4) is 0 Å². The second kappa shape index (κ2) is 10.4. The smallest absolute Gasteiger partial charge is 0.242 e. The topological polar surface area (TPSA) is 68.8 Å². The quantitative estimate of drug-likeness (QED) is 0.621. The van der Waals surface area contributed by atoms with Crippen molar-refractivity contribution in [2.24, 2.45) is 0 Å². The zero-order valence-corrected chi connectivity index (χ0v) is 15.8. The second-order valence-electron chi connectivity index (χ2n) is 5.90. The summed E-state index contributed by atoms with van der Waals surface area (Å²) in [6.45, 7) is 2.82. The van der Waals surface area contributed by atoms with E-state index in [4.69, 9.17) is 14.2 Å². The molecule has 2 aromatic carbocycles. The van der Waals surface area contributed by atoms with Crippen LogP contribution in [-0.4, -0.2) is 39.3 Å². The Bertz CT molecular complexity index is 755. The lowest BCUT2D eigenvalue weighted by atomic mass is 10.2. The number of para-hydroxylation sites is 2. The molecule has 146 valence electrons. The maximum absolute atomic E-state index is 14.4. The van der Waals surface area contributed by atoms with Crippen molar-refractivity contribution >= 4 is 11.6 Å². The van der Waals surface area contributed by atoms with E-state index in [9.17, 15) is 9.18 Å². The van der Waals surface area contributed by atoms with E-state index in [0.717, 1.165) is 6.42 Å². The SMILES string of the molecule is COCCCNC(=O)C(C)Nc1ccc(Oc2ccccc2OC)c(F)c1. The molecular weight excluding hydrogens is 351 g/mol. The van der Waals surface area contributed by atoms with Gasteiger partial charge in [-0.3, -0.25) is 4.79 Å². The van der Waals surface area contributed by atoms with Gasteiger partial charge in [-0.25, -0.2) is 4.39 Å². The number of amides is 1. The normalized spacial score (nSPS) is 11.6. The molecule has 2 rings (SSSR count). The summed E-state index contributed by atoms with van der Waals surface area (Å²) in [6, 6.07) is 11.0. The number of nitrogens with one attached hydrogen (secondary N) is 2. The zero-order chi connectivity index (χ0) is 19.6. The summed E-state index contributed by atoms with van der Waals surface area (Å²) in [4.78, 5) is 12.0. The van der Waals surface area contributed by atoms with Crippen LogP contribution in [0.1, 0.15) is 13.3 Å². The van der Waals surface area contributed by atoms with Crippen LogP contribution < -0.4 is 20.1 Å². The molecule has 2 N–H and O–H groups in total. The molecule has 0 heterocycles. The average molecular weight is 376 g/mol. The molecule has 0 aliphatic carbocycles. The van der Waals surface area contributed by atoms with Gasteiger partial charge in [-0.15, -0.1) is 0 Å². The van der Waals surface area contributed by atoms with Crippen molar-refractivity contribution in [3.05, 3.63) is 48.3 Å². The molecule has 0 aromatic heterocycles. The van der Waals surface area contributed by atoms with Crippen molar-refractivity contribution in [2.45, 2.75) is 19.4 Å². The maximum Gasteiger partial charge on any atom is 0.242 e. The molecule has 1 atom stereocenters. The minimum absolute atomic E-state index is 0.0710. The molecule has 0 aliphatic heterocycles. The van der Waals surface area contributed by atoms with Gasteiger partial charge in [0.25, 0.3) is 0 Å². The van der Waals surface area contributed by atoms with E-state index in [-0.39, 0.29) is 11.7 Å². The number of hydrogen-bond acceptors (Lipinski definition) is 5. The number of anilines is 1. The van der Waals surface area contributed by atoms with Gasteiger partial charge in [0.1, 0.15) is 6.04 Å². The molecule has 0 bridgehead atoms. The van der Waals surface area contributed by atoms with E-state index in [1.807, 2.05) is 0 Å². The second-order valence-corrected chi connectivity index (χ2v) is 5.90. The Hall–Kier alpha value is -2.80. The number of hydrogen-bond donors (Lipinski definition) is 2. The molecule has 0 saturated heterocycles. The average Bonchev–Trinajstić information content (AvgIpc) is 2.67. The number of rotatable bonds is 10. The van der Waals surface area contributed by atoms with Gasteiger partial charge in [0.2, 0.25) is 5.91 Å². The van der Waals surface area contributed by atoms with Crippen molar-refractivity contribution in [2.75, 3.05) is 32.7 Å². The van der Waals surface area contributed by atoms with Gasteiger partial charge in [0, 0.05) is 32.0 Å². The first-order chi connectivity index (χ1) is 13.0. The molecule has 0 spiro atoms. The lowest BCUT2D eigenvalue weighted by Crippen LogP contribution is -2.38. The summed E-state index contributed by atoms with van der Waals surface area (Å²) in [6.07, 6.45) is 0.735. The van der Waals surface area contributed by atoms with Crippen molar-refractivity contribution < 1.29 is 23.4 Å². The van der Waals surface area contributed by atoms with Gasteiger partial charge in [-0.1, -0.05) is 12.1 Å². The fourth-order valence-corrected chi connectivity index (χ4v) is 2.39. The van der Waals surface area contributed by atoms with Crippen LogP contribution in [0.15, 0.2) is 42.5 Å². The number of carbonyl (C=O) groups is 1. The van der Waals surface area contributed by atoms with E-state index in [1.165, 1.54) is 19.2 Å². The lowest BCUT2D eigenvalue weighted by Gasteiger charge is -2.16. The van der Waals surface area contributed by atoms with Gasteiger partial charge in [-0.05, 0) is 37.6 Å². The number of ether oxygens (including phenoxy) is 3. The van der Waals surface area contributed by atoms with Crippen LogP contribution in [-0.2, 0) is 9.53 Å². The summed E-state index contributed by atoms with van der Waals surface area (Å²) in [5.41, 5.74) is 0.486. The van der Waals surface area contributed by atoms with Gasteiger partial charge in [-0.2, -0.15) is 0 Å². The summed E-state index contributed by atoms with van der Waals surface area (Å²) < 4.78 is 30.1. The van der Waals surface area contributed by atoms with Crippen molar-refractivity contribution in [3.63, 3.8) is 0 Å². The predicted octanol–water partition coefficient (Wildman–Crippen LogP) is 3.58. The Morgan fingerprint density at radius 2 is 1.85 bits per heavy atom. The number of halogens is 1. The fraction of sp³-hybridized carbons (Fsp3) is 0.350. The number of carbonyl (C=O) groups excluding carboxylic acids is 1. The molecule has 6 nitrogen and oxygen atoms in total. The fourth-order valence-electron chi connectivity index (χ4n) is 2.39. The molecule has 1 unspecified atom stereocenters. The maximum atomic E-state index is 14.4. The summed E-state index contributed by atoms with van der Waals surface area (Å²) in [7, 11) is 3.13. The highest BCUT2D eigenvalue weighted by Crippen LogP contribution is 2.33. The highest BCUT2D eigenvalue weighted by Gasteiger charge is 2.14. The Balaban J connectivity index is 1.96.